The van der Waals surface area contributed by atoms with Crippen molar-refractivity contribution in [2.75, 3.05) is 44.3 Å². The maximum atomic E-state index is 13.1. The summed E-state index contributed by atoms with van der Waals surface area (Å²) in [5.41, 5.74) is 8.71. The number of rotatable bonds is 7. The second-order valence-electron chi connectivity index (χ2n) is 7.41. The number of carbonyl (C=O) groups excluding carboxylic acids is 2. The monoisotopic (exact) mass is 366 g/mol. The third-order valence-electron chi connectivity index (χ3n) is 5.83. The number of hydrogen-bond acceptors (Lipinski definition) is 4. The van der Waals surface area contributed by atoms with Crippen LogP contribution in [0.5, 0.6) is 0 Å². The fourth-order valence-corrected chi connectivity index (χ4v) is 3.62. The Morgan fingerprint density at radius 1 is 0.926 bits per heavy atom. The van der Waals surface area contributed by atoms with Crippen LogP contribution < -0.4 is 11.1 Å². The normalized spacial score (nSPS) is 13.3. The molecule has 2 aromatic carbocycles. The molecule has 0 aromatic heterocycles. The zero-order valence-corrected chi connectivity index (χ0v) is 16.3. The lowest BCUT2D eigenvalue weighted by Gasteiger charge is -2.32. The number of benzene rings is 2. The molecule has 0 fully saturated rings. The summed E-state index contributed by atoms with van der Waals surface area (Å²) in [6, 6.07) is 10.5. The van der Waals surface area contributed by atoms with Gasteiger partial charge in [0.05, 0.1) is 37.8 Å². The molecule has 3 N–H and O–H groups in total. The van der Waals surface area contributed by atoms with Gasteiger partial charge in [0.2, 0.25) is 0 Å². The zero-order chi connectivity index (χ0) is 19.6. The van der Waals surface area contributed by atoms with Crippen molar-refractivity contribution in [1.29, 1.82) is 0 Å². The van der Waals surface area contributed by atoms with Crippen LogP contribution in [0.2, 0.25) is 0 Å². The second kappa shape index (κ2) is 7.53. The van der Waals surface area contributed by atoms with E-state index in [9.17, 15) is 9.59 Å². The van der Waals surface area contributed by atoms with E-state index < -0.39 is 0 Å². The van der Waals surface area contributed by atoms with E-state index in [0.717, 1.165) is 37.1 Å². The lowest BCUT2D eigenvalue weighted by Crippen LogP contribution is -2.44. The third-order valence-corrected chi connectivity index (χ3v) is 5.83. The first-order chi connectivity index (χ1) is 12.9. The van der Waals surface area contributed by atoms with Gasteiger partial charge in [-0.2, -0.15) is 0 Å². The molecule has 27 heavy (non-hydrogen) atoms. The molecule has 0 heterocycles. The summed E-state index contributed by atoms with van der Waals surface area (Å²) in [5, 5.41) is 3.36. The molecule has 0 saturated heterocycles. The van der Waals surface area contributed by atoms with Crippen LogP contribution in [0.3, 0.4) is 0 Å². The van der Waals surface area contributed by atoms with Gasteiger partial charge >= 0.3 is 0 Å². The van der Waals surface area contributed by atoms with E-state index in [4.69, 9.17) is 5.73 Å². The van der Waals surface area contributed by atoms with Crippen LogP contribution in [0.15, 0.2) is 36.4 Å². The number of nitrogens with zero attached hydrogens (tertiary/aromatic N) is 1. The number of nitrogen functional groups attached to an aromatic ring is 1. The van der Waals surface area contributed by atoms with Crippen molar-refractivity contribution in [3.8, 4) is 0 Å². The smallest absolute Gasteiger partial charge is 0.196 e. The Hall–Kier alpha value is -2.66. The minimum Gasteiger partial charge on any atom is -0.398 e. The second-order valence-corrected chi connectivity index (χ2v) is 7.41. The molecule has 0 radical (unpaired) electrons. The first-order valence-corrected chi connectivity index (χ1v) is 9.60. The van der Waals surface area contributed by atoms with E-state index in [-0.39, 0.29) is 11.6 Å². The zero-order valence-electron chi connectivity index (χ0n) is 16.3. The van der Waals surface area contributed by atoms with Gasteiger partial charge in [-0.15, -0.1) is 0 Å². The first-order valence-electron chi connectivity index (χ1n) is 9.60. The van der Waals surface area contributed by atoms with Crippen molar-refractivity contribution in [1.82, 2.24) is 0 Å². The molecule has 3 rings (SSSR count). The highest BCUT2D eigenvalue weighted by Gasteiger charge is 2.33. The van der Waals surface area contributed by atoms with Gasteiger partial charge in [0.1, 0.15) is 0 Å². The summed E-state index contributed by atoms with van der Waals surface area (Å²) in [6.45, 7) is 8.40. The van der Waals surface area contributed by atoms with E-state index >= 15 is 0 Å². The van der Waals surface area contributed by atoms with E-state index in [1.165, 1.54) is 0 Å². The number of nitrogens with one attached hydrogen (secondary N) is 1. The first kappa shape index (κ1) is 19.1. The lowest BCUT2D eigenvalue weighted by atomic mass is 9.82. The average Bonchev–Trinajstić information content (AvgIpc) is 2.70. The van der Waals surface area contributed by atoms with Crippen LogP contribution in [-0.2, 0) is 0 Å². The van der Waals surface area contributed by atoms with Gasteiger partial charge in [0.15, 0.2) is 11.6 Å². The van der Waals surface area contributed by atoms with E-state index in [1.807, 2.05) is 0 Å². The number of hydrogen-bond donors (Lipinski definition) is 2. The maximum absolute atomic E-state index is 13.1. The van der Waals surface area contributed by atoms with Gasteiger partial charge in [-0.25, -0.2) is 0 Å². The van der Waals surface area contributed by atoms with Gasteiger partial charge < -0.3 is 15.5 Å². The molecule has 142 valence electrons. The molecule has 0 saturated carbocycles. The number of carbonyl (C=O) groups is 2. The van der Waals surface area contributed by atoms with Gasteiger partial charge in [-0.05, 0) is 26.0 Å². The van der Waals surface area contributed by atoms with Gasteiger partial charge in [-0.1, -0.05) is 24.3 Å². The highest BCUT2D eigenvalue weighted by atomic mass is 16.1. The molecular weight excluding hydrogens is 338 g/mol. The summed E-state index contributed by atoms with van der Waals surface area (Å²) in [7, 11) is 2.25. The molecule has 1 aliphatic carbocycles. The minimum absolute atomic E-state index is 0.141. The van der Waals surface area contributed by atoms with Crippen molar-refractivity contribution >= 4 is 22.9 Å². The summed E-state index contributed by atoms with van der Waals surface area (Å²) in [4.78, 5) is 26.0. The summed E-state index contributed by atoms with van der Waals surface area (Å²) < 4.78 is 1.02. The Morgan fingerprint density at radius 2 is 1.52 bits per heavy atom. The number of ketones is 2. The van der Waals surface area contributed by atoms with Crippen molar-refractivity contribution in [2.24, 2.45) is 0 Å². The number of fused-ring (bicyclic) bond motifs is 2. The molecule has 0 atom stereocenters. The number of nitrogens with two attached hydrogens (primary N) is 1. The van der Waals surface area contributed by atoms with Crippen molar-refractivity contribution < 1.29 is 14.1 Å². The van der Waals surface area contributed by atoms with Crippen LogP contribution in [0.25, 0.3) is 0 Å². The van der Waals surface area contributed by atoms with E-state index in [2.05, 4.69) is 26.2 Å². The standard InChI is InChI=1S/C22H27N3O2/c1-4-25(3,5-2)14-8-13-24-18-12-11-17(23)19-20(18)22(27)16-10-7-6-9-15(16)21(19)26/h6-7,9-12H,4-5,8,13-14H2,1-3H3,(H2-,23,24,26,27)/p+1. The van der Waals surface area contributed by atoms with Crippen LogP contribution in [0.4, 0.5) is 11.4 Å². The van der Waals surface area contributed by atoms with E-state index in [1.54, 1.807) is 36.4 Å². The van der Waals surface area contributed by atoms with Crippen molar-refractivity contribution in [3.63, 3.8) is 0 Å². The van der Waals surface area contributed by atoms with Crippen LogP contribution in [-0.4, -0.2) is 49.3 Å². The molecule has 1 aliphatic rings. The minimum atomic E-state index is -0.178. The number of quaternary nitrogens is 1. The summed E-state index contributed by atoms with van der Waals surface area (Å²) in [6.07, 6.45) is 0.982. The average molecular weight is 366 g/mol. The molecule has 2 aromatic rings. The van der Waals surface area contributed by atoms with Gasteiger partial charge in [0.25, 0.3) is 0 Å². The Balaban J connectivity index is 1.85. The molecule has 5 nitrogen and oxygen atoms in total. The maximum Gasteiger partial charge on any atom is 0.196 e. The molecule has 5 heteroatoms. The van der Waals surface area contributed by atoms with Gasteiger partial charge in [-0.3, -0.25) is 9.59 Å². The summed E-state index contributed by atoms with van der Waals surface area (Å²) in [5.74, 6) is -0.319. The molecule has 0 spiro atoms. The summed E-state index contributed by atoms with van der Waals surface area (Å²) >= 11 is 0. The Kier molecular flexibility index (Phi) is 5.33. The predicted octanol–water partition coefficient (Wildman–Crippen LogP) is 3.33. The third kappa shape index (κ3) is 3.47. The number of anilines is 2. The molecule has 0 aliphatic heterocycles. The SMILES string of the molecule is CC[N+](C)(CC)CCCNc1ccc(N)c2c1C(=O)c1ccccc1C2=O. The molecule has 0 amide bonds. The van der Waals surface area contributed by atoms with Crippen LogP contribution in [0.1, 0.15) is 52.1 Å². The Morgan fingerprint density at radius 3 is 2.11 bits per heavy atom. The van der Waals surface area contributed by atoms with Crippen molar-refractivity contribution in [2.45, 2.75) is 20.3 Å². The van der Waals surface area contributed by atoms with Crippen molar-refractivity contribution in [3.05, 3.63) is 58.7 Å². The Bertz CT molecular complexity index is 885. The molecular formula is C22H28N3O2+. The fraction of sp³-hybridized carbons (Fsp3) is 0.364. The lowest BCUT2D eigenvalue weighted by molar-refractivity contribution is -0.906. The molecule has 0 bridgehead atoms. The topological polar surface area (TPSA) is 72.2 Å². The van der Waals surface area contributed by atoms with E-state index in [0.29, 0.717) is 33.6 Å². The highest BCUT2D eigenvalue weighted by Crippen LogP contribution is 2.35. The largest absolute Gasteiger partial charge is 0.398 e. The van der Waals surface area contributed by atoms with Gasteiger partial charge in [0, 0.05) is 35.5 Å². The van der Waals surface area contributed by atoms with Crippen LogP contribution in [0, 0.1) is 0 Å². The highest BCUT2D eigenvalue weighted by molar-refractivity contribution is 6.31. The quantitative estimate of drug-likeness (QED) is 0.382. The fourth-order valence-electron chi connectivity index (χ4n) is 3.62. The van der Waals surface area contributed by atoms with Crippen LogP contribution >= 0.6 is 0 Å². The molecule has 0 unspecified atom stereocenters. The predicted molar refractivity (Wildman–Crippen MR) is 109 cm³/mol. The Labute approximate surface area is 160 Å².